The SMILES string of the molecule is CCCc1cc([O])ccc1-c1ccccc1. The molecule has 0 unspecified atom stereocenters. The molecule has 0 heterocycles. The lowest BCUT2D eigenvalue weighted by atomic mass is 9.97. The smallest absolute Gasteiger partial charge is 0.178 e. The van der Waals surface area contributed by atoms with Crippen LogP contribution in [0.2, 0.25) is 0 Å². The van der Waals surface area contributed by atoms with Gasteiger partial charge in [0, 0.05) is 0 Å². The molecule has 16 heavy (non-hydrogen) atoms. The molecule has 0 atom stereocenters. The Labute approximate surface area is 96.4 Å². The number of hydrogen-bond donors (Lipinski definition) is 0. The van der Waals surface area contributed by atoms with Crippen molar-refractivity contribution in [1.29, 1.82) is 0 Å². The second kappa shape index (κ2) is 4.84. The van der Waals surface area contributed by atoms with E-state index in [-0.39, 0.29) is 5.75 Å². The van der Waals surface area contributed by atoms with Gasteiger partial charge in [-0.05, 0) is 35.2 Å². The van der Waals surface area contributed by atoms with Crippen molar-refractivity contribution in [3.05, 3.63) is 54.1 Å². The van der Waals surface area contributed by atoms with Crippen molar-refractivity contribution in [2.24, 2.45) is 0 Å². The van der Waals surface area contributed by atoms with Crippen molar-refractivity contribution in [1.82, 2.24) is 0 Å². The Balaban J connectivity index is 2.48. The molecule has 0 saturated heterocycles. The first-order chi connectivity index (χ1) is 7.81. The number of aryl methyl sites for hydroxylation is 1. The van der Waals surface area contributed by atoms with E-state index in [2.05, 4.69) is 19.1 Å². The van der Waals surface area contributed by atoms with Crippen LogP contribution in [0.15, 0.2) is 48.5 Å². The predicted molar refractivity (Wildman–Crippen MR) is 66.0 cm³/mol. The van der Waals surface area contributed by atoms with Crippen LogP contribution in [0.4, 0.5) is 0 Å². The highest BCUT2D eigenvalue weighted by molar-refractivity contribution is 5.68. The first-order valence-electron chi connectivity index (χ1n) is 5.66. The average molecular weight is 211 g/mol. The van der Waals surface area contributed by atoms with Crippen LogP contribution < -0.4 is 0 Å². The summed E-state index contributed by atoms with van der Waals surface area (Å²) >= 11 is 0. The summed E-state index contributed by atoms with van der Waals surface area (Å²) in [6.07, 6.45) is 2.02. The summed E-state index contributed by atoms with van der Waals surface area (Å²) < 4.78 is 0. The maximum absolute atomic E-state index is 11.3. The van der Waals surface area contributed by atoms with Crippen LogP contribution in [0.3, 0.4) is 0 Å². The molecule has 0 saturated carbocycles. The quantitative estimate of drug-likeness (QED) is 0.714. The summed E-state index contributed by atoms with van der Waals surface area (Å²) in [5.41, 5.74) is 3.52. The van der Waals surface area contributed by atoms with E-state index in [1.165, 1.54) is 11.1 Å². The summed E-state index contributed by atoms with van der Waals surface area (Å²) in [6.45, 7) is 2.13. The fourth-order valence-corrected chi connectivity index (χ4v) is 1.95. The van der Waals surface area contributed by atoms with Gasteiger partial charge in [0.25, 0.3) is 0 Å². The van der Waals surface area contributed by atoms with Crippen LogP contribution in [0.25, 0.3) is 11.1 Å². The van der Waals surface area contributed by atoms with Crippen molar-refractivity contribution in [2.45, 2.75) is 19.8 Å². The van der Waals surface area contributed by atoms with Gasteiger partial charge in [0.15, 0.2) is 5.75 Å². The third kappa shape index (κ3) is 2.25. The standard InChI is InChI=1S/C15H15O/c1-2-6-13-11-14(16)9-10-15(13)12-7-4-3-5-8-12/h3-5,7-11H,2,6H2,1H3. The maximum Gasteiger partial charge on any atom is 0.178 e. The Kier molecular flexibility index (Phi) is 3.25. The van der Waals surface area contributed by atoms with Crippen LogP contribution >= 0.6 is 0 Å². The summed E-state index contributed by atoms with van der Waals surface area (Å²) in [5.74, 6) is 0.100. The molecular formula is C15H15O. The van der Waals surface area contributed by atoms with Crippen LogP contribution in [-0.4, -0.2) is 0 Å². The van der Waals surface area contributed by atoms with Gasteiger partial charge in [-0.25, -0.2) is 0 Å². The van der Waals surface area contributed by atoms with E-state index < -0.39 is 0 Å². The number of hydrogen-bond acceptors (Lipinski definition) is 0. The van der Waals surface area contributed by atoms with Crippen molar-refractivity contribution >= 4 is 0 Å². The van der Waals surface area contributed by atoms with Gasteiger partial charge in [-0.2, -0.15) is 0 Å². The molecule has 1 heteroatoms. The molecule has 0 spiro atoms. The highest BCUT2D eigenvalue weighted by atomic mass is 16.3. The van der Waals surface area contributed by atoms with Gasteiger partial charge in [-0.1, -0.05) is 49.7 Å². The van der Waals surface area contributed by atoms with Crippen molar-refractivity contribution in [2.75, 3.05) is 0 Å². The van der Waals surface area contributed by atoms with Gasteiger partial charge in [0.05, 0.1) is 0 Å². The molecule has 1 radical (unpaired) electrons. The molecule has 0 bridgehead atoms. The Morgan fingerprint density at radius 1 is 1.00 bits per heavy atom. The Hall–Kier alpha value is -1.76. The minimum absolute atomic E-state index is 0.100. The van der Waals surface area contributed by atoms with Gasteiger partial charge in [0.2, 0.25) is 0 Å². The van der Waals surface area contributed by atoms with E-state index in [0.29, 0.717) is 0 Å². The second-order valence-corrected chi connectivity index (χ2v) is 3.93. The van der Waals surface area contributed by atoms with Crippen molar-refractivity contribution in [3.63, 3.8) is 0 Å². The summed E-state index contributed by atoms with van der Waals surface area (Å²) in [7, 11) is 0. The average Bonchev–Trinajstić information content (AvgIpc) is 2.31. The highest BCUT2D eigenvalue weighted by Crippen LogP contribution is 2.27. The zero-order valence-electron chi connectivity index (χ0n) is 9.44. The molecule has 0 aromatic heterocycles. The van der Waals surface area contributed by atoms with Crippen molar-refractivity contribution in [3.8, 4) is 16.9 Å². The molecule has 0 amide bonds. The minimum Gasteiger partial charge on any atom is -0.290 e. The monoisotopic (exact) mass is 211 g/mol. The van der Waals surface area contributed by atoms with E-state index in [1.54, 1.807) is 12.1 Å². The normalized spacial score (nSPS) is 10.3. The third-order valence-electron chi connectivity index (χ3n) is 2.68. The molecule has 2 aromatic rings. The number of benzene rings is 2. The second-order valence-electron chi connectivity index (χ2n) is 3.93. The Bertz CT molecular complexity index is 460. The summed E-state index contributed by atoms with van der Waals surface area (Å²) in [6, 6.07) is 15.5. The minimum atomic E-state index is 0.100. The third-order valence-corrected chi connectivity index (χ3v) is 2.68. The predicted octanol–water partition coefficient (Wildman–Crippen LogP) is 4.45. The molecular weight excluding hydrogens is 196 g/mol. The van der Waals surface area contributed by atoms with Crippen LogP contribution in [0.5, 0.6) is 5.75 Å². The lowest BCUT2D eigenvalue weighted by Crippen LogP contribution is -1.88. The molecule has 2 aromatic carbocycles. The lowest BCUT2D eigenvalue weighted by Gasteiger charge is -2.08. The Morgan fingerprint density at radius 2 is 1.75 bits per heavy atom. The topological polar surface area (TPSA) is 19.9 Å². The molecule has 0 fully saturated rings. The molecule has 0 N–H and O–H groups in total. The van der Waals surface area contributed by atoms with Crippen LogP contribution in [0.1, 0.15) is 18.9 Å². The van der Waals surface area contributed by atoms with E-state index in [9.17, 15) is 5.11 Å². The largest absolute Gasteiger partial charge is 0.290 e. The molecule has 0 aliphatic heterocycles. The zero-order valence-corrected chi connectivity index (χ0v) is 9.44. The van der Waals surface area contributed by atoms with Gasteiger partial charge >= 0.3 is 0 Å². The number of rotatable bonds is 3. The highest BCUT2D eigenvalue weighted by Gasteiger charge is 2.05. The molecule has 0 aliphatic carbocycles. The fourth-order valence-electron chi connectivity index (χ4n) is 1.95. The molecule has 2 rings (SSSR count). The zero-order chi connectivity index (χ0) is 11.4. The first-order valence-corrected chi connectivity index (χ1v) is 5.66. The van der Waals surface area contributed by atoms with E-state index in [0.717, 1.165) is 18.4 Å². The molecule has 0 aliphatic rings. The van der Waals surface area contributed by atoms with Crippen molar-refractivity contribution < 1.29 is 5.11 Å². The molecule has 81 valence electrons. The summed E-state index contributed by atoms with van der Waals surface area (Å²) in [5, 5.41) is 11.3. The Morgan fingerprint density at radius 3 is 2.44 bits per heavy atom. The lowest BCUT2D eigenvalue weighted by molar-refractivity contribution is 0.354. The van der Waals surface area contributed by atoms with E-state index >= 15 is 0 Å². The fraction of sp³-hybridized carbons (Fsp3) is 0.200. The van der Waals surface area contributed by atoms with Gasteiger partial charge in [-0.15, -0.1) is 0 Å². The van der Waals surface area contributed by atoms with Gasteiger partial charge in [0.1, 0.15) is 0 Å². The van der Waals surface area contributed by atoms with E-state index in [1.807, 2.05) is 24.3 Å². The maximum atomic E-state index is 11.3. The van der Waals surface area contributed by atoms with Crippen LogP contribution in [-0.2, 0) is 11.5 Å². The van der Waals surface area contributed by atoms with Gasteiger partial charge in [-0.3, -0.25) is 5.11 Å². The first kappa shape index (κ1) is 10.7. The van der Waals surface area contributed by atoms with E-state index in [4.69, 9.17) is 0 Å². The molecule has 1 nitrogen and oxygen atoms in total. The summed E-state index contributed by atoms with van der Waals surface area (Å²) in [4.78, 5) is 0. The van der Waals surface area contributed by atoms with Gasteiger partial charge < -0.3 is 0 Å². The van der Waals surface area contributed by atoms with Crippen LogP contribution in [0, 0.1) is 0 Å².